The lowest BCUT2D eigenvalue weighted by molar-refractivity contribution is 0.102. The van der Waals surface area contributed by atoms with E-state index in [1.54, 1.807) is 24.3 Å². The Kier molecular flexibility index (Phi) is 5.44. The van der Waals surface area contributed by atoms with Crippen molar-refractivity contribution in [1.29, 1.82) is 0 Å². The Morgan fingerprint density at radius 2 is 1.60 bits per heavy atom. The van der Waals surface area contributed by atoms with E-state index in [4.69, 9.17) is 0 Å². The Morgan fingerprint density at radius 3 is 2.17 bits per heavy atom. The predicted molar refractivity (Wildman–Crippen MR) is 115 cm³/mol. The van der Waals surface area contributed by atoms with Crippen LogP contribution in [0.2, 0.25) is 0 Å². The first kappa shape index (κ1) is 20.3. The second-order valence-electron chi connectivity index (χ2n) is 7.48. The van der Waals surface area contributed by atoms with Crippen LogP contribution in [0.15, 0.2) is 59.5 Å². The maximum absolute atomic E-state index is 12.6. The number of sulfonamides is 1. The number of rotatable bonds is 5. The third-order valence-corrected chi connectivity index (χ3v) is 7.11. The third kappa shape index (κ3) is 4.01. The van der Waals surface area contributed by atoms with Gasteiger partial charge in [-0.3, -0.25) is 4.79 Å². The molecule has 3 aromatic rings. The molecule has 2 aromatic carbocycles. The standard InChI is InChI=1S/C22H24N4O3S/c1-16-15-17(2)26(24-16)20-9-5-18(6-10-20)22(27)23-19-7-11-21(12-8-19)30(28,29)25-13-3-4-14-25/h5-12,15H,3-4,13-14H2,1-2H3,(H,23,27). The summed E-state index contributed by atoms with van der Waals surface area (Å²) in [6, 6.07) is 15.5. The number of hydrogen-bond donors (Lipinski definition) is 1. The number of anilines is 1. The second-order valence-corrected chi connectivity index (χ2v) is 9.41. The van der Waals surface area contributed by atoms with Crippen LogP contribution in [0.25, 0.3) is 5.69 Å². The molecule has 0 spiro atoms. The van der Waals surface area contributed by atoms with Gasteiger partial charge in [0.1, 0.15) is 0 Å². The van der Waals surface area contributed by atoms with E-state index in [2.05, 4.69) is 10.4 Å². The van der Waals surface area contributed by atoms with Crippen LogP contribution in [0.1, 0.15) is 34.6 Å². The van der Waals surface area contributed by atoms with Crippen LogP contribution >= 0.6 is 0 Å². The van der Waals surface area contributed by atoms with Crippen LogP contribution in [-0.4, -0.2) is 41.5 Å². The van der Waals surface area contributed by atoms with Crippen LogP contribution in [0.3, 0.4) is 0 Å². The summed E-state index contributed by atoms with van der Waals surface area (Å²) in [6.07, 6.45) is 1.79. The van der Waals surface area contributed by atoms with Gasteiger partial charge in [-0.2, -0.15) is 9.40 Å². The van der Waals surface area contributed by atoms with E-state index in [0.29, 0.717) is 24.3 Å². The molecule has 0 atom stereocenters. The molecule has 0 aliphatic carbocycles. The smallest absolute Gasteiger partial charge is 0.255 e. The minimum absolute atomic E-state index is 0.247. The minimum Gasteiger partial charge on any atom is -0.322 e. The van der Waals surface area contributed by atoms with Gasteiger partial charge in [0.25, 0.3) is 5.91 Å². The van der Waals surface area contributed by atoms with E-state index < -0.39 is 10.0 Å². The lowest BCUT2D eigenvalue weighted by Crippen LogP contribution is -2.27. The fourth-order valence-corrected chi connectivity index (χ4v) is 5.15. The Hall–Kier alpha value is -2.97. The SMILES string of the molecule is Cc1cc(C)n(-c2ccc(C(=O)Nc3ccc(S(=O)(=O)N4CCCC4)cc3)cc2)n1. The molecule has 156 valence electrons. The lowest BCUT2D eigenvalue weighted by Gasteiger charge is -2.15. The summed E-state index contributed by atoms with van der Waals surface area (Å²) < 4.78 is 28.5. The molecule has 0 radical (unpaired) electrons. The van der Waals surface area contributed by atoms with Gasteiger partial charge in [0, 0.05) is 30.0 Å². The van der Waals surface area contributed by atoms with Crippen molar-refractivity contribution < 1.29 is 13.2 Å². The highest BCUT2D eigenvalue weighted by atomic mass is 32.2. The molecule has 2 heterocycles. The Labute approximate surface area is 176 Å². The van der Waals surface area contributed by atoms with Gasteiger partial charge in [0.2, 0.25) is 10.0 Å². The molecule has 8 heteroatoms. The number of aromatic nitrogens is 2. The van der Waals surface area contributed by atoms with Crippen molar-refractivity contribution >= 4 is 21.6 Å². The summed E-state index contributed by atoms with van der Waals surface area (Å²) in [5.41, 5.74) is 3.89. The summed E-state index contributed by atoms with van der Waals surface area (Å²) in [5.74, 6) is -0.259. The van der Waals surface area contributed by atoms with Crippen LogP contribution in [-0.2, 0) is 10.0 Å². The highest BCUT2D eigenvalue weighted by Gasteiger charge is 2.26. The maximum atomic E-state index is 12.6. The number of nitrogens with one attached hydrogen (secondary N) is 1. The zero-order valence-electron chi connectivity index (χ0n) is 17.0. The molecule has 1 aromatic heterocycles. The largest absolute Gasteiger partial charge is 0.322 e. The Morgan fingerprint density at radius 1 is 0.967 bits per heavy atom. The van der Waals surface area contributed by atoms with Crippen molar-refractivity contribution in [2.75, 3.05) is 18.4 Å². The number of aryl methyl sites for hydroxylation is 2. The van der Waals surface area contributed by atoms with Crippen molar-refractivity contribution in [3.05, 3.63) is 71.5 Å². The van der Waals surface area contributed by atoms with Gasteiger partial charge in [-0.25, -0.2) is 13.1 Å². The highest BCUT2D eigenvalue weighted by molar-refractivity contribution is 7.89. The van der Waals surface area contributed by atoms with Gasteiger partial charge in [0.15, 0.2) is 0 Å². The molecule has 1 N–H and O–H groups in total. The molecule has 0 unspecified atom stereocenters. The van der Waals surface area contributed by atoms with E-state index in [1.165, 1.54) is 16.4 Å². The monoisotopic (exact) mass is 424 g/mol. The van der Waals surface area contributed by atoms with Gasteiger partial charge in [0.05, 0.1) is 16.3 Å². The first-order valence-corrected chi connectivity index (χ1v) is 11.3. The average Bonchev–Trinajstić information content (AvgIpc) is 3.39. The number of hydrogen-bond acceptors (Lipinski definition) is 4. The van der Waals surface area contributed by atoms with E-state index in [9.17, 15) is 13.2 Å². The highest BCUT2D eigenvalue weighted by Crippen LogP contribution is 2.22. The zero-order chi connectivity index (χ0) is 21.3. The molecule has 30 heavy (non-hydrogen) atoms. The predicted octanol–water partition coefficient (Wildman–Crippen LogP) is 3.53. The van der Waals surface area contributed by atoms with Crippen LogP contribution in [0.5, 0.6) is 0 Å². The van der Waals surface area contributed by atoms with E-state index in [-0.39, 0.29) is 10.8 Å². The molecule has 1 aliphatic rings. The van der Waals surface area contributed by atoms with Crippen LogP contribution in [0.4, 0.5) is 5.69 Å². The fraction of sp³-hybridized carbons (Fsp3) is 0.273. The zero-order valence-corrected chi connectivity index (χ0v) is 17.8. The quantitative estimate of drug-likeness (QED) is 0.679. The van der Waals surface area contributed by atoms with Crippen LogP contribution < -0.4 is 5.32 Å². The van der Waals surface area contributed by atoms with Crippen molar-refractivity contribution in [1.82, 2.24) is 14.1 Å². The van der Waals surface area contributed by atoms with Gasteiger partial charge >= 0.3 is 0 Å². The first-order chi connectivity index (χ1) is 14.3. The summed E-state index contributed by atoms with van der Waals surface area (Å²) in [7, 11) is -3.46. The molecular weight excluding hydrogens is 400 g/mol. The third-order valence-electron chi connectivity index (χ3n) is 5.20. The van der Waals surface area contributed by atoms with E-state index >= 15 is 0 Å². The summed E-state index contributed by atoms with van der Waals surface area (Å²) in [5, 5.41) is 7.25. The van der Waals surface area contributed by atoms with E-state index in [0.717, 1.165) is 29.9 Å². The fourth-order valence-electron chi connectivity index (χ4n) is 3.64. The molecule has 7 nitrogen and oxygen atoms in total. The molecular formula is C22H24N4O3S. The van der Waals surface area contributed by atoms with Gasteiger partial charge in [-0.1, -0.05) is 0 Å². The van der Waals surface area contributed by atoms with Gasteiger partial charge in [-0.05, 0) is 81.3 Å². The van der Waals surface area contributed by atoms with Gasteiger partial charge in [-0.15, -0.1) is 0 Å². The van der Waals surface area contributed by atoms with Gasteiger partial charge < -0.3 is 5.32 Å². The molecule has 0 bridgehead atoms. The lowest BCUT2D eigenvalue weighted by atomic mass is 10.2. The molecule has 1 amide bonds. The first-order valence-electron chi connectivity index (χ1n) is 9.90. The second kappa shape index (κ2) is 8.04. The van der Waals surface area contributed by atoms with Crippen LogP contribution in [0, 0.1) is 13.8 Å². The van der Waals surface area contributed by atoms with E-state index in [1.807, 2.05) is 36.7 Å². The molecule has 1 aliphatic heterocycles. The molecule has 4 rings (SSSR count). The molecule has 0 saturated carbocycles. The van der Waals surface area contributed by atoms with Crippen molar-refractivity contribution in [2.24, 2.45) is 0 Å². The number of carbonyl (C=O) groups is 1. The maximum Gasteiger partial charge on any atom is 0.255 e. The molecule has 1 saturated heterocycles. The van der Waals surface area contributed by atoms with Crippen molar-refractivity contribution in [3.63, 3.8) is 0 Å². The summed E-state index contributed by atoms with van der Waals surface area (Å²) >= 11 is 0. The number of carbonyl (C=O) groups excluding carboxylic acids is 1. The summed E-state index contributed by atoms with van der Waals surface area (Å²) in [4.78, 5) is 12.8. The number of benzene rings is 2. The average molecular weight is 425 g/mol. The Bertz CT molecular complexity index is 1160. The van der Waals surface area contributed by atoms with Crippen molar-refractivity contribution in [2.45, 2.75) is 31.6 Å². The molecule has 1 fully saturated rings. The Balaban J connectivity index is 1.45. The summed E-state index contributed by atoms with van der Waals surface area (Å²) in [6.45, 7) is 5.05. The number of nitrogens with zero attached hydrogens (tertiary/aromatic N) is 3. The van der Waals surface area contributed by atoms with Crippen molar-refractivity contribution in [3.8, 4) is 5.69 Å². The normalized spacial score (nSPS) is 14.7. The number of amides is 1. The topological polar surface area (TPSA) is 84.3 Å². The minimum atomic E-state index is -3.46.